The van der Waals surface area contributed by atoms with E-state index in [2.05, 4.69) is 17.2 Å². The Morgan fingerprint density at radius 2 is 2.22 bits per heavy atom. The van der Waals surface area contributed by atoms with Crippen molar-refractivity contribution in [2.75, 3.05) is 13.1 Å². The molecule has 0 aliphatic carbocycles. The minimum absolute atomic E-state index is 0.0172. The summed E-state index contributed by atoms with van der Waals surface area (Å²) < 4.78 is 0. The number of halogens is 1. The van der Waals surface area contributed by atoms with Crippen LogP contribution in [0.15, 0.2) is 36.9 Å². The van der Waals surface area contributed by atoms with Crippen LogP contribution in [0.2, 0.25) is 5.02 Å². The van der Waals surface area contributed by atoms with Gasteiger partial charge in [-0.05, 0) is 25.0 Å². The molecule has 1 rings (SSSR count). The molecule has 0 bridgehead atoms. The number of benzene rings is 1. The molecule has 1 atom stereocenters. The predicted octanol–water partition coefficient (Wildman–Crippen LogP) is 2.16. The number of nitrogens with one attached hydrogen (secondary N) is 2. The SMILES string of the molecule is C=CCNCC(=O)NC(C)Cc1ccccc1Cl. The Balaban J connectivity index is 2.37. The number of amides is 1. The van der Waals surface area contributed by atoms with Gasteiger partial charge in [-0.1, -0.05) is 35.9 Å². The number of hydrogen-bond donors (Lipinski definition) is 2. The maximum atomic E-state index is 11.6. The van der Waals surface area contributed by atoms with Crippen LogP contribution < -0.4 is 10.6 Å². The standard InChI is InChI=1S/C14H19ClN2O/c1-3-8-16-10-14(18)17-11(2)9-12-6-4-5-7-13(12)15/h3-7,11,16H,1,8-10H2,2H3,(H,17,18). The van der Waals surface area contributed by atoms with Crippen molar-refractivity contribution in [2.24, 2.45) is 0 Å². The van der Waals surface area contributed by atoms with E-state index in [0.29, 0.717) is 13.1 Å². The summed E-state index contributed by atoms with van der Waals surface area (Å²) in [6.07, 6.45) is 2.45. The Morgan fingerprint density at radius 1 is 1.50 bits per heavy atom. The lowest BCUT2D eigenvalue weighted by atomic mass is 10.1. The first-order valence-corrected chi connectivity index (χ1v) is 6.35. The van der Waals surface area contributed by atoms with Crippen LogP contribution in [0.1, 0.15) is 12.5 Å². The summed E-state index contributed by atoms with van der Waals surface area (Å²) in [5.74, 6) is -0.0172. The van der Waals surface area contributed by atoms with Gasteiger partial charge in [0.05, 0.1) is 6.54 Å². The quantitative estimate of drug-likeness (QED) is 0.587. The second-order valence-electron chi connectivity index (χ2n) is 4.18. The van der Waals surface area contributed by atoms with Crippen molar-refractivity contribution in [3.8, 4) is 0 Å². The van der Waals surface area contributed by atoms with Gasteiger partial charge in [-0.25, -0.2) is 0 Å². The summed E-state index contributed by atoms with van der Waals surface area (Å²) in [4.78, 5) is 11.6. The highest BCUT2D eigenvalue weighted by Crippen LogP contribution is 2.16. The average Bonchev–Trinajstić information content (AvgIpc) is 2.32. The van der Waals surface area contributed by atoms with E-state index in [4.69, 9.17) is 11.6 Å². The first-order valence-electron chi connectivity index (χ1n) is 5.98. The molecule has 98 valence electrons. The molecule has 0 aromatic heterocycles. The molecule has 0 spiro atoms. The highest BCUT2D eigenvalue weighted by atomic mass is 35.5. The molecular weight excluding hydrogens is 248 g/mol. The van der Waals surface area contributed by atoms with Crippen LogP contribution in [-0.2, 0) is 11.2 Å². The third-order valence-electron chi connectivity index (χ3n) is 2.47. The lowest BCUT2D eigenvalue weighted by Crippen LogP contribution is -2.40. The number of hydrogen-bond acceptors (Lipinski definition) is 2. The monoisotopic (exact) mass is 266 g/mol. The molecular formula is C14H19ClN2O. The molecule has 1 aromatic carbocycles. The zero-order valence-corrected chi connectivity index (χ0v) is 11.3. The third kappa shape index (κ3) is 5.34. The van der Waals surface area contributed by atoms with Crippen LogP contribution in [-0.4, -0.2) is 25.0 Å². The van der Waals surface area contributed by atoms with E-state index in [9.17, 15) is 4.79 Å². The average molecular weight is 267 g/mol. The first-order chi connectivity index (χ1) is 8.63. The van der Waals surface area contributed by atoms with Gasteiger partial charge in [0.25, 0.3) is 0 Å². The van der Waals surface area contributed by atoms with Gasteiger partial charge < -0.3 is 10.6 Å². The van der Waals surface area contributed by atoms with Gasteiger partial charge in [-0.2, -0.15) is 0 Å². The van der Waals surface area contributed by atoms with E-state index >= 15 is 0 Å². The number of rotatable bonds is 7. The summed E-state index contributed by atoms with van der Waals surface area (Å²) in [5.41, 5.74) is 1.05. The smallest absolute Gasteiger partial charge is 0.234 e. The summed E-state index contributed by atoms with van der Waals surface area (Å²) in [7, 11) is 0. The zero-order valence-electron chi connectivity index (χ0n) is 10.6. The van der Waals surface area contributed by atoms with Crippen LogP contribution >= 0.6 is 11.6 Å². The molecule has 0 saturated carbocycles. The second kappa shape index (κ2) is 7.90. The number of carbonyl (C=O) groups excluding carboxylic acids is 1. The van der Waals surface area contributed by atoms with Crippen molar-refractivity contribution in [3.05, 3.63) is 47.5 Å². The highest BCUT2D eigenvalue weighted by molar-refractivity contribution is 6.31. The van der Waals surface area contributed by atoms with Gasteiger partial charge in [0.15, 0.2) is 0 Å². The van der Waals surface area contributed by atoms with Crippen molar-refractivity contribution in [1.29, 1.82) is 0 Å². The van der Waals surface area contributed by atoms with Crippen molar-refractivity contribution in [3.63, 3.8) is 0 Å². The molecule has 1 unspecified atom stereocenters. The van der Waals surface area contributed by atoms with Crippen molar-refractivity contribution < 1.29 is 4.79 Å². The summed E-state index contributed by atoms with van der Waals surface area (Å²) in [6, 6.07) is 7.73. The Bertz CT molecular complexity index is 407. The van der Waals surface area contributed by atoms with Crippen molar-refractivity contribution in [1.82, 2.24) is 10.6 Å². The lowest BCUT2D eigenvalue weighted by Gasteiger charge is -2.15. The van der Waals surface area contributed by atoms with E-state index in [-0.39, 0.29) is 11.9 Å². The molecule has 1 amide bonds. The van der Waals surface area contributed by atoms with E-state index in [0.717, 1.165) is 17.0 Å². The molecule has 4 heteroatoms. The third-order valence-corrected chi connectivity index (χ3v) is 2.83. The van der Waals surface area contributed by atoms with Gasteiger partial charge in [-0.3, -0.25) is 4.79 Å². The van der Waals surface area contributed by atoms with E-state index in [1.54, 1.807) is 6.08 Å². The fraction of sp³-hybridized carbons (Fsp3) is 0.357. The maximum Gasteiger partial charge on any atom is 0.234 e. The molecule has 0 aliphatic heterocycles. The first kappa shape index (κ1) is 14.7. The van der Waals surface area contributed by atoms with Gasteiger partial charge in [0, 0.05) is 17.6 Å². The minimum Gasteiger partial charge on any atom is -0.352 e. The van der Waals surface area contributed by atoms with Crippen molar-refractivity contribution >= 4 is 17.5 Å². The minimum atomic E-state index is -0.0172. The van der Waals surface area contributed by atoms with Gasteiger partial charge in [0.2, 0.25) is 5.91 Å². The second-order valence-corrected chi connectivity index (χ2v) is 4.59. The molecule has 0 aliphatic rings. The Hall–Kier alpha value is -1.32. The van der Waals surface area contributed by atoms with E-state index < -0.39 is 0 Å². The zero-order chi connectivity index (χ0) is 13.4. The summed E-state index contributed by atoms with van der Waals surface area (Å²) in [6.45, 7) is 6.48. The molecule has 3 nitrogen and oxygen atoms in total. The molecule has 0 saturated heterocycles. The van der Waals surface area contributed by atoms with Crippen LogP contribution in [0.25, 0.3) is 0 Å². The fourth-order valence-electron chi connectivity index (χ4n) is 1.66. The Morgan fingerprint density at radius 3 is 2.89 bits per heavy atom. The molecule has 1 aromatic rings. The molecule has 2 N–H and O–H groups in total. The van der Waals surface area contributed by atoms with Crippen LogP contribution in [0.5, 0.6) is 0 Å². The maximum absolute atomic E-state index is 11.6. The largest absolute Gasteiger partial charge is 0.352 e. The normalized spacial score (nSPS) is 11.9. The molecule has 0 heterocycles. The van der Waals surface area contributed by atoms with Crippen molar-refractivity contribution in [2.45, 2.75) is 19.4 Å². The van der Waals surface area contributed by atoms with Gasteiger partial charge in [0.1, 0.15) is 0 Å². The topological polar surface area (TPSA) is 41.1 Å². The highest BCUT2D eigenvalue weighted by Gasteiger charge is 2.09. The fourth-order valence-corrected chi connectivity index (χ4v) is 1.87. The van der Waals surface area contributed by atoms with Crippen LogP contribution in [0.4, 0.5) is 0 Å². The molecule has 0 radical (unpaired) electrons. The molecule has 18 heavy (non-hydrogen) atoms. The molecule has 0 fully saturated rings. The summed E-state index contributed by atoms with van der Waals surface area (Å²) >= 11 is 6.07. The van der Waals surface area contributed by atoms with Gasteiger partial charge in [-0.15, -0.1) is 6.58 Å². The van der Waals surface area contributed by atoms with Crippen LogP contribution in [0.3, 0.4) is 0 Å². The number of carbonyl (C=O) groups is 1. The van der Waals surface area contributed by atoms with E-state index in [1.807, 2.05) is 31.2 Å². The van der Waals surface area contributed by atoms with Crippen LogP contribution in [0, 0.1) is 0 Å². The lowest BCUT2D eigenvalue weighted by molar-refractivity contribution is -0.120. The van der Waals surface area contributed by atoms with E-state index in [1.165, 1.54) is 0 Å². The predicted molar refractivity (Wildman–Crippen MR) is 75.8 cm³/mol. The van der Waals surface area contributed by atoms with Gasteiger partial charge >= 0.3 is 0 Å². The Kier molecular flexibility index (Phi) is 6.47. The summed E-state index contributed by atoms with van der Waals surface area (Å²) in [5, 5.41) is 6.62. The Labute approximate surface area is 113 Å².